The van der Waals surface area contributed by atoms with Gasteiger partial charge in [-0.3, -0.25) is 0 Å². The third-order valence-electron chi connectivity index (χ3n) is 7.35. The summed E-state index contributed by atoms with van der Waals surface area (Å²) in [7, 11) is 1.30. The molecule has 0 bridgehead atoms. The number of halogens is 3. The molecule has 4 rings (SSSR count). The molecule has 0 fully saturated rings. The minimum Gasteiger partial charge on any atom is -0.494 e. The Labute approximate surface area is 213 Å². The molecule has 1 aliphatic carbocycles. The summed E-state index contributed by atoms with van der Waals surface area (Å²) >= 11 is 0. The molecule has 0 spiro atoms. The van der Waals surface area contributed by atoms with Gasteiger partial charge in [0.1, 0.15) is 5.82 Å². The molecule has 1 aliphatic rings. The lowest BCUT2D eigenvalue weighted by molar-refractivity contribution is 0.372. The van der Waals surface area contributed by atoms with Gasteiger partial charge in [0, 0.05) is 11.1 Å². The van der Waals surface area contributed by atoms with Crippen molar-refractivity contribution in [3.63, 3.8) is 0 Å². The Morgan fingerprint density at radius 1 is 0.778 bits per heavy atom. The summed E-state index contributed by atoms with van der Waals surface area (Å²) < 4.78 is 48.5. The van der Waals surface area contributed by atoms with E-state index in [9.17, 15) is 8.78 Å². The Balaban J connectivity index is 1.42. The summed E-state index contributed by atoms with van der Waals surface area (Å²) in [6, 6.07) is 15.3. The second kappa shape index (κ2) is 12.3. The number of benzene rings is 3. The Hall–Kier alpha value is -3.01. The molecule has 4 heteroatoms. The molecule has 0 N–H and O–H groups in total. The molecular weight excluding hydrogens is 457 g/mol. The molecule has 0 heterocycles. The molecule has 1 nitrogen and oxygen atoms in total. The van der Waals surface area contributed by atoms with Gasteiger partial charge in [0.15, 0.2) is 11.6 Å². The molecule has 1 unspecified atom stereocenters. The predicted octanol–water partition coefficient (Wildman–Crippen LogP) is 9.99. The second-order valence-corrected chi connectivity index (χ2v) is 9.79. The molecule has 0 radical (unpaired) electrons. The summed E-state index contributed by atoms with van der Waals surface area (Å²) in [5.41, 5.74) is 4.07. The van der Waals surface area contributed by atoms with Crippen molar-refractivity contribution in [2.24, 2.45) is 5.92 Å². The lowest BCUT2D eigenvalue weighted by Crippen LogP contribution is -2.06. The Bertz CT molecular complexity index is 1200. The van der Waals surface area contributed by atoms with Gasteiger partial charge in [-0.2, -0.15) is 4.39 Å². The van der Waals surface area contributed by atoms with Crippen LogP contribution in [0.5, 0.6) is 5.75 Å². The highest BCUT2D eigenvalue weighted by atomic mass is 19.2. The SMILES string of the molecule is CCCCCCCC1CC=C(c2ccc(-c3ccc(-c4ccc(OC)c(F)c4F)cc3)cc2F)CC1. The molecule has 36 heavy (non-hydrogen) atoms. The lowest BCUT2D eigenvalue weighted by atomic mass is 9.83. The summed E-state index contributed by atoms with van der Waals surface area (Å²) in [6.45, 7) is 2.24. The van der Waals surface area contributed by atoms with Crippen molar-refractivity contribution in [1.29, 1.82) is 0 Å². The summed E-state index contributed by atoms with van der Waals surface area (Å²) in [5.74, 6) is -1.58. The van der Waals surface area contributed by atoms with Crippen molar-refractivity contribution in [3.8, 4) is 28.0 Å². The van der Waals surface area contributed by atoms with Crippen LogP contribution in [0.2, 0.25) is 0 Å². The Kier molecular flexibility index (Phi) is 8.90. The van der Waals surface area contributed by atoms with Gasteiger partial charge < -0.3 is 4.74 Å². The van der Waals surface area contributed by atoms with Crippen LogP contribution in [0.4, 0.5) is 13.2 Å². The fourth-order valence-corrected chi connectivity index (χ4v) is 5.14. The Morgan fingerprint density at radius 2 is 1.47 bits per heavy atom. The Morgan fingerprint density at radius 3 is 2.14 bits per heavy atom. The van der Waals surface area contributed by atoms with Gasteiger partial charge in [0.05, 0.1) is 7.11 Å². The molecule has 0 aromatic heterocycles. The van der Waals surface area contributed by atoms with Crippen molar-refractivity contribution >= 4 is 5.57 Å². The number of rotatable bonds is 10. The van der Waals surface area contributed by atoms with Gasteiger partial charge >= 0.3 is 0 Å². The molecule has 3 aromatic rings. The first-order valence-electron chi connectivity index (χ1n) is 13.1. The van der Waals surface area contributed by atoms with E-state index in [4.69, 9.17) is 4.74 Å². The van der Waals surface area contributed by atoms with E-state index in [1.54, 1.807) is 30.3 Å². The van der Waals surface area contributed by atoms with Gasteiger partial charge in [-0.1, -0.05) is 87.9 Å². The maximum Gasteiger partial charge on any atom is 0.201 e. The van der Waals surface area contributed by atoms with E-state index >= 15 is 4.39 Å². The quantitative estimate of drug-likeness (QED) is 0.256. The highest BCUT2D eigenvalue weighted by Crippen LogP contribution is 2.36. The number of hydrogen-bond donors (Lipinski definition) is 0. The topological polar surface area (TPSA) is 9.23 Å². The standard InChI is InChI=1S/C32H35F3O/c1-3-4-5-6-7-8-22-9-11-24(12-10-22)27-18-17-26(21-29(27)33)23-13-15-25(16-14-23)28-19-20-30(36-2)32(35)31(28)34/h11,13-22H,3-10,12H2,1-2H3. The largest absolute Gasteiger partial charge is 0.494 e. The number of methoxy groups -OCH3 is 1. The number of unbranched alkanes of at least 4 members (excludes halogenated alkanes) is 4. The highest BCUT2D eigenvalue weighted by molar-refractivity contribution is 5.74. The van der Waals surface area contributed by atoms with Crippen LogP contribution >= 0.6 is 0 Å². The third kappa shape index (κ3) is 6.03. The maximum absolute atomic E-state index is 15.1. The zero-order chi connectivity index (χ0) is 25.5. The fraction of sp³-hybridized carbons (Fsp3) is 0.375. The van der Waals surface area contributed by atoms with Crippen LogP contribution in [0, 0.1) is 23.4 Å². The summed E-state index contributed by atoms with van der Waals surface area (Å²) in [4.78, 5) is 0. The first-order chi connectivity index (χ1) is 17.5. The minimum absolute atomic E-state index is 0.130. The van der Waals surface area contributed by atoms with Crippen LogP contribution in [-0.4, -0.2) is 7.11 Å². The van der Waals surface area contributed by atoms with E-state index in [1.807, 2.05) is 12.1 Å². The molecular formula is C32H35F3O. The lowest BCUT2D eigenvalue weighted by Gasteiger charge is -2.22. The van der Waals surface area contributed by atoms with Gasteiger partial charge in [0.25, 0.3) is 0 Å². The smallest absolute Gasteiger partial charge is 0.201 e. The normalized spacial score (nSPS) is 15.6. The maximum atomic E-state index is 15.1. The number of allylic oxidation sites excluding steroid dienone is 2. The predicted molar refractivity (Wildman–Crippen MR) is 142 cm³/mol. The van der Waals surface area contributed by atoms with Crippen LogP contribution in [0.3, 0.4) is 0 Å². The first-order valence-corrected chi connectivity index (χ1v) is 13.1. The average molecular weight is 493 g/mol. The molecule has 0 aliphatic heterocycles. The number of hydrogen-bond acceptors (Lipinski definition) is 1. The molecule has 0 saturated carbocycles. The van der Waals surface area contributed by atoms with Crippen molar-refractivity contribution < 1.29 is 17.9 Å². The molecule has 0 amide bonds. The zero-order valence-corrected chi connectivity index (χ0v) is 21.3. The molecule has 190 valence electrons. The van der Waals surface area contributed by atoms with Crippen molar-refractivity contribution in [2.75, 3.05) is 7.11 Å². The van der Waals surface area contributed by atoms with Crippen LogP contribution < -0.4 is 4.74 Å². The van der Waals surface area contributed by atoms with E-state index in [2.05, 4.69) is 13.0 Å². The van der Waals surface area contributed by atoms with Gasteiger partial charge in [-0.15, -0.1) is 0 Å². The van der Waals surface area contributed by atoms with Gasteiger partial charge in [-0.25, -0.2) is 8.78 Å². The van der Waals surface area contributed by atoms with E-state index in [0.717, 1.165) is 41.9 Å². The molecule has 3 aromatic carbocycles. The molecule has 0 saturated heterocycles. The first kappa shape index (κ1) is 26.1. The van der Waals surface area contributed by atoms with Crippen LogP contribution in [-0.2, 0) is 0 Å². The monoisotopic (exact) mass is 492 g/mol. The third-order valence-corrected chi connectivity index (χ3v) is 7.35. The summed E-state index contributed by atoms with van der Waals surface area (Å²) in [5, 5.41) is 0. The van der Waals surface area contributed by atoms with Crippen molar-refractivity contribution in [3.05, 3.63) is 83.7 Å². The second-order valence-electron chi connectivity index (χ2n) is 9.79. The van der Waals surface area contributed by atoms with Gasteiger partial charge in [0.2, 0.25) is 5.82 Å². The summed E-state index contributed by atoms with van der Waals surface area (Å²) in [6.07, 6.45) is 13.2. The van der Waals surface area contributed by atoms with E-state index in [1.165, 1.54) is 57.8 Å². The van der Waals surface area contributed by atoms with Crippen LogP contribution in [0.15, 0.2) is 60.7 Å². The van der Waals surface area contributed by atoms with Crippen molar-refractivity contribution in [2.45, 2.75) is 64.7 Å². The van der Waals surface area contributed by atoms with Gasteiger partial charge in [-0.05, 0) is 65.6 Å². The van der Waals surface area contributed by atoms with Crippen molar-refractivity contribution in [1.82, 2.24) is 0 Å². The molecule has 1 atom stereocenters. The zero-order valence-electron chi connectivity index (χ0n) is 21.3. The van der Waals surface area contributed by atoms with E-state index in [0.29, 0.717) is 11.1 Å². The van der Waals surface area contributed by atoms with Crippen LogP contribution in [0.1, 0.15) is 70.3 Å². The van der Waals surface area contributed by atoms with E-state index < -0.39 is 11.6 Å². The average Bonchev–Trinajstić information content (AvgIpc) is 2.91. The highest BCUT2D eigenvalue weighted by Gasteiger charge is 2.18. The van der Waals surface area contributed by atoms with Crippen LogP contribution in [0.25, 0.3) is 27.8 Å². The van der Waals surface area contributed by atoms with E-state index in [-0.39, 0.29) is 17.1 Å². The minimum atomic E-state index is -1.01. The number of ether oxygens (including phenoxy) is 1. The fourth-order valence-electron chi connectivity index (χ4n) is 5.14.